The van der Waals surface area contributed by atoms with Crippen molar-refractivity contribution in [2.75, 3.05) is 19.8 Å². The zero-order valence-electron chi connectivity index (χ0n) is 19.2. The number of benzene rings is 1. The third-order valence-corrected chi connectivity index (χ3v) is 5.39. The van der Waals surface area contributed by atoms with Crippen molar-refractivity contribution in [3.8, 4) is 0 Å². The zero-order chi connectivity index (χ0) is 24.2. The summed E-state index contributed by atoms with van der Waals surface area (Å²) in [6.45, 7) is 7.08. The first-order valence-electron chi connectivity index (χ1n) is 10.8. The molecular weight excluding hydrogens is 428 g/mol. The number of hydrogen-bond donors (Lipinski definition) is 1. The third-order valence-electron chi connectivity index (χ3n) is 5.39. The molecule has 2 amide bonds. The van der Waals surface area contributed by atoms with E-state index in [-0.39, 0.29) is 44.2 Å². The molecule has 10 heteroatoms. The van der Waals surface area contributed by atoms with E-state index in [1.807, 2.05) is 31.2 Å². The van der Waals surface area contributed by atoms with E-state index in [4.69, 9.17) is 9.47 Å². The number of rotatable bonds is 8. The summed E-state index contributed by atoms with van der Waals surface area (Å²) in [5.74, 6) is -2.22. The predicted molar refractivity (Wildman–Crippen MR) is 117 cm³/mol. The number of esters is 2. The van der Waals surface area contributed by atoms with Gasteiger partial charge in [-0.15, -0.1) is 0 Å². The number of aryl methyl sites for hydroxylation is 1. The van der Waals surface area contributed by atoms with Crippen LogP contribution in [-0.4, -0.2) is 63.7 Å². The minimum atomic E-state index is -1.38. The van der Waals surface area contributed by atoms with Crippen LogP contribution in [0.3, 0.4) is 0 Å². The molecule has 0 radical (unpaired) electrons. The van der Waals surface area contributed by atoms with Gasteiger partial charge in [0.1, 0.15) is 17.8 Å². The molecule has 2 aromatic rings. The molecule has 1 aromatic carbocycles. The lowest BCUT2D eigenvalue weighted by atomic mass is 9.94. The van der Waals surface area contributed by atoms with Crippen LogP contribution in [0.4, 0.5) is 0 Å². The van der Waals surface area contributed by atoms with Crippen LogP contribution >= 0.6 is 0 Å². The van der Waals surface area contributed by atoms with Crippen molar-refractivity contribution in [1.82, 2.24) is 20.0 Å². The number of aromatic nitrogens is 2. The fraction of sp³-hybridized carbons (Fsp3) is 0.435. The molecule has 0 fully saturated rings. The SMILES string of the molecule is CCOC(=O)CNC(=O)C1(C)Cn2nc(C(=O)OCC)cc2C(=O)N1Cc1cccc(C)c1. The van der Waals surface area contributed by atoms with E-state index in [1.165, 1.54) is 15.6 Å². The lowest BCUT2D eigenvalue weighted by molar-refractivity contribution is -0.145. The van der Waals surface area contributed by atoms with Crippen molar-refractivity contribution in [2.24, 2.45) is 0 Å². The molecule has 2 heterocycles. The summed E-state index contributed by atoms with van der Waals surface area (Å²) in [6, 6.07) is 8.99. The Morgan fingerprint density at radius 1 is 1.15 bits per heavy atom. The highest BCUT2D eigenvalue weighted by atomic mass is 16.5. The van der Waals surface area contributed by atoms with E-state index in [9.17, 15) is 19.2 Å². The molecule has 10 nitrogen and oxygen atoms in total. The number of hydrogen-bond acceptors (Lipinski definition) is 7. The predicted octanol–water partition coefficient (Wildman–Crippen LogP) is 1.46. The van der Waals surface area contributed by atoms with Gasteiger partial charge in [-0.1, -0.05) is 29.8 Å². The molecule has 176 valence electrons. The Morgan fingerprint density at radius 2 is 1.88 bits per heavy atom. The number of fused-ring (bicyclic) bond motifs is 1. The van der Waals surface area contributed by atoms with Crippen LogP contribution in [-0.2, 0) is 32.2 Å². The first-order chi connectivity index (χ1) is 15.7. The van der Waals surface area contributed by atoms with Gasteiger partial charge in [0.25, 0.3) is 5.91 Å². The topological polar surface area (TPSA) is 120 Å². The fourth-order valence-electron chi connectivity index (χ4n) is 3.74. The van der Waals surface area contributed by atoms with Gasteiger partial charge in [-0.05, 0) is 33.3 Å². The van der Waals surface area contributed by atoms with Gasteiger partial charge in [-0.25, -0.2) is 4.79 Å². The van der Waals surface area contributed by atoms with Crippen molar-refractivity contribution in [1.29, 1.82) is 0 Å². The Labute approximate surface area is 191 Å². The summed E-state index contributed by atoms with van der Waals surface area (Å²) in [5.41, 5.74) is 0.651. The van der Waals surface area contributed by atoms with Crippen LogP contribution in [0, 0.1) is 6.92 Å². The Kier molecular flexibility index (Phi) is 7.15. The normalized spacial score (nSPS) is 17.3. The average molecular weight is 456 g/mol. The Bertz CT molecular complexity index is 1080. The van der Waals surface area contributed by atoms with Crippen molar-refractivity contribution in [2.45, 2.75) is 46.3 Å². The minimum absolute atomic E-state index is 0.00600. The molecule has 1 aliphatic heterocycles. The van der Waals surface area contributed by atoms with Crippen LogP contribution in [0.25, 0.3) is 0 Å². The van der Waals surface area contributed by atoms with Gasteiger partial charge in [0.2, 0.25) is 5.91 Å². The number of carbonyl (C=O) groups is 4. The Hall–Kier alpha value is -3.69. The fourth-order valence-corrected chi connectivity index (χ4v) is 3.74. The molecule has 0 bridgehead atoms. The summed E-state index contributed by atoms with van der Waals surface area (Å²) in [5, 5.41) is 6.77. The molecule has 1 atom stereocenters. The maximum atomic E-state index is 13.5. The van der Waals surface area contributed by atoms with Crippen LogP contribution in [0.5, 0.6) is 0 Å². The Morgan fingerprint density at radius 3 is 2.55 bits per heavy atom. The number of amides is 2. The van der Waals surface area contributed by atoms with Crippen LogP contribution in [0.1, 0.15) is 52.9 Å². The molecule has 0 spiro atoms. The molecule has 1 aliphatic rings. The number of nitrogens with one attached hydrogen (secondary N) is 1. The van der Waals surface area contributed by atoms with E-state index in [1.54, 1.807) is 20.8 Å². The van der Waals surface area contributed by atoms with Crippen LogP contribution in [0.2, 0.25) is 0 Å². The molecule has 0 saturated heterocycles. The summed E-state index contributed by atoms with van der Waals surface area (Å²) in [7, 11) is 0. The minimum Gasteiger partial charge on any atom is -0.465 e. The van der Waals surface area contributed by atoms with Crippen molar-refractivity contribution >= 4 is 23.8 Å². The zero-order valence-corrected chi connectivity index (χ0v) is 19.2. The summed E-state index contributed by atoms with van der Waals surface area (Å²) in [4.78, 5) is 52.1. The highest BCUT2D eigenvalue weighted by molar-refractivity contribution is 6.01. The van der Waals surface area contributed by atoms with Crippen molar-refractivity contribution < 1.29 is 28.7 Å². The van der Waals surface area contributed by atoms with Crippen LogP contribution in [0.15, 0.2) is 30.3 Å². The van der Waals surface area contributed by atoms with E-state index < -0.39 is 29.3 Å². The molecular formula is C23H28N4O6. The Balaban J connectivity index is 1.97. The van der Waals surface area contributed by atoms with E-state index in [0.29, 0.717) is 0 Å². The molecule has 1 aromatic heterocycles. The summed E-state index contributed by atoms with van der Waals surface area (Å²) in [6.07, 6.45) is 0. The van der Waals surface area contributed by atoms with Crippen LogP contribution < -0.4 is 5.32 Å². The largest absolute Gasteiger partial charge is 0.465 e. The monoisotopic (exact) mass is 456 g/mol. The van der Waals surface area contributed by atoms with Crippen molar-refractivity contribution in [3.05, 3.63) is 52.8 Å². The third kappa shape index (κ3) is 5.05. The quantitative estimate of drug-likeness (QED) is 0.597. The average Bonchev–Trinajstić information content (AvgIpc) is 3.19. The van der Waals surface area contributed by atoms with Crippen molar-refractivity contribution in [3.63, 3.8) is 0 Å². The molecule has 0 saturated carbocycles. The van der Waals surface area contributed by atoms with E-state index in [0.717, 1.165) is 11.1 Å². The molecule has 1 N–H and O–H groups in total. The standard InChI is InChI=1S/C23H28N4O6/c1-5-32-19(28)12-24-22(31)23(4)14-27-18(11-17(25-27)21(30)33-6-2)20(29)26(23)13-16-9-7-8-15(3)10-16/h7-11H,5-6,12-14H2,1-4H3,(H,24,31). The first kappa shape index (κ1) is 24.0. The summed E-state index contributed by atoms with van der Waals surface area (Å²) >= 11 is 0. The van der Waals surface area contributed by atoms with Gasteiger partial charge in [0.05, 0.1) is 19.8 Å². The van der Waals surface area contributed by atoms with Gasteiger partial charge in [0.15, 0.2) is 5.69 Å². The molecule has 33 heavy (non-hydrogen) atoms. The van der Waals surface area contributed by atoms with Gasteiger partial charge < -0.3 is 19.7 Å². The second-order valence-corrected chi connectivity index (χ2v) is 7.93. The van der Waals surface area contributed by atoms with Gasteiger partial charge >= 0.3 is 11.9 Å². The molecule has 1 unspecified atom stereocenters. The van der Waals surface area contributed by atoms with Gasteiger partial charge in [0, 0.05) is 12.6 Å². The number of nitrogens with zero attached hydrogens (tertiary/aromatic N) is 3. The molecule has 3 rings (SSSR count). The van der Waals surface area contributed by atoms with E-state index >= 15 is 0 Å². The summed E-state index contributed by atoms with van der Waals surface area (Å²) < 4.78 is 11.2. The van der Waals surface area contributed by atoms with Gasteiger partial charge in [-0.3, -0.25) is 19.1 Å². The maximum absolute atomic E-state index is 13.5. The second-order valence-electron chi connectivity index (χ2n) is 7.93. The lowest BCUT2D eigenvalue weighted by Gasteiger charge is -2.43. The maximum Gasteiger partial charge on any atom is 0.358 e. The smallest absolute Gasteiger partial charge is 0.358 e. The number of ether oxygens (including phenoxy) is 2. The number of carbonyl (C=O) groups excluding carboxylic acids is 4. The lowest BCUT2D eigenvalue weighted by Crippen LogP contribution is -2.64. The highest BCUT2D eigenvalue weighted by Crippen LogP contribution is 2.29. The van der Waals surface area contributed by atoms with E-state index in [2.05, 4.69) is 10.4 Å². The molecule has 0 aliphatic carbocycles. The highest BCUT2D eigenvalue weighted by Gasteiger charge is 2.48. The second kappa shape index (κ2) is 9.85. The first-order valence-corrected chi connectivity index (χ1v) is 10.8. The van der Waals surface area contributed by atoms with Gasteiger partial charge in [-0.2, -0.15) is 5.10 Å².